The standard InChI is InChI=1S/C17H16F2NO/c1-2-13-7-9-14(10-8-13)12-21-20-11-15-5-3-4-6-16(15)17(18)19/h3-10,17H,2,12H2,1H3. The second-order valence-electron chi connectivity index (χ2n) is 4.53. The lowest BCUT2D eigenvalue weighted by molar-refractivity contribution is 0.132. The number of nitrogens with zero attached hydrogens (tertiary/aromatic N) is 1. The minimum atomic E-state index is -2.55. The Morgan fingerprint density at radius 2 is 1.71 bits per heavy atom. The van der Waals surface area contributed by atoms with E-state index < -0.39 is 6.43 Å². The molecule has 0 aliphatic heterocycles. The molecule has 1 radical (unpaired) electrons. The minimum absolute atomic E-state index is 0.0999. The van der Waals surface area contributed by atoms with E-state index >= 15 is 0 Å². The molecule has 0 heterocycles. The topological polar surface area (TPSA) is 21.6 Å². The molecule has 0 aliphatic rings. The van der Waals surface area contributed by atoms with E-state index in [2.05, 4.69) is 18.3 Å². The summed E-state index contributed by atoms with van der Waals surface area (Å²) >= 11 is 0. The van der Waals surface area contributed by atoms with Crippen molar-refractivity contribution in [3.63, 3.8) is 0 Å². The molecule has 2 aromatic rings. The number of hydrogen-bond acceptors (Lipinski definition) is 2. The highest BCUT2D eigenvalue weighted by Gasteiger charge is 2.10. The number of halogens is 2. The van der Waals surface area contributed by atoms with Crippen molar-refractivity contribution in [2.45, 2.75) is 26.4 Å². The van der Waals surface area contributed by atoms with Crippen LogP contribution in [0.2, 0.25) is 0 Å². The predicted octanol–water partition coefficient (Wildman–Crippen LogP) is 4.61. The predicted molar refractivity (Wildman–Crippen MR) is 78.5 cm³/mol. The summed E-state index contributed by atoms with van der Waals surface area (Å²) in [6.07, 6.45) is 0.943. The lowest BCUT2D eigenvalue weighted by Crippen LogP contribution is -1.94. The molecular formula is C17H16F2NO. The molecule has 0 aliphatic carbocycles. The summed E-state index contributed by atoms with van der Waals surface area (Å²) < 4.78 is 25.5. The SMILES string of the molecule is CCc1ccc(CO/N=[C]\c2ccccc2C(F)F)cc1. The fraction of sp³-hybridized carbons (Fsp3) is 0.235. The second-order valence-corrected chi connectivity index (χ2v) is 4.53. The van der Waals surface area contributed by atoms with E-state index in [1.54, 1.807) is 12.1 Å². The van der Waals surface area contributed by atoms with E-state index in [1.165, 1.54) is 17.7 Å². The van der Waals surface area contributed by atoms with Gasteiger partial charge < -0.3 is 4.84 Å². The number of benzene rings is 2. The van der Waals surface area contributed by atoms with Crippen molar-refractivity contribution in [2.24, 2.45) is 5.16 Å². The van der Waals surface area contributed by atoms with Crippen LogP contribution in [0.25, 0.3) is 0 Å². The average Bonchev–Trinajstić information content (AvgIpc) is 2.52. The first-order valence-corrected chi connectivity index (χ1v) is 6.73. The highest BCUT2D eigenvalue weighted by molar-refractivity contribution is 5.81. The molecule has 0 saturated heterocycles. The van der Waals surface area contributed by atoms with E-state index in [4.69, 9.17) is 4.84 Å². The molecule has 21 heavy (non-hydrogen) atoms. The van der Waals surface area contributed by atoms with Gasteiger partial charge in [0, 0.05) is 11.1 Å². The molecule has 0 bridgehead atoms. The molecule has 4 heteroatoms. The number of hydrogen-bond donors (Lipinski definition) is 0. The molecular weight excluding hydrogens is 272 g/mol. The van der Waals surface area contributed by atoms with Crippen LogP contribution in [0.3, 0.4) is 0 Å². The Labute approximate surface area is 123 Å². The summed E-state index contributed by atoms with van der Waals surface area (Å²) in [5, 5.41) is 3.64. The van der Waals surface area contributed by atoms with Crippen molar-refractivity contribution >= 4 is 6.21 Å². The quantitative estimate of drug-likeness (QED) is 0.561. The Kier molecular flexibility index (Phi) is 5.43. The lowest BCUT2D eigenvalue weighted by atomic mass is 10.1. The van der Waals surface area contributed by atoms with Crippen LogP contribution < -0.4 is 0 Å². The van der Waals surface area contributed by atoms with Crippen molar-refractivity contribution in [1.29, 1.82) is 0 Å². The lowest BCUT2D eigenvalue weighted by Gasteiger charge is -2.03. The molecule has 2 aromatic carbocycles. The average molecular weight is 288 g/mol. The van der Waals surface area contributed by atoms with E-state index in [0.717, 1.165) is 12.0 Å². The van der Waals surface area contributed by atoms with Gasteiger partial charge in [-0.25, -0.2) is 8.78 Å². The van der Waals surface area contributed by atoms with Gasteiger partial charge in [0.05, 0.1) is 0 Å². The zero-order chi connectivity index (χ0) is 15.1. The Balaban J connectivity index is 1.93. The molecule has 2 rings (SSSR count). The van der Waals surface area contributed by atoms with Crippen LogP contribution in [0.15, 0.2) is 53.7 Å². The maximum Gasteiger partial charge on any atom is 0.264 e. The summed E-state index contributed by atoms with van der Waals surface area (Å²) in [5.74, 6) is 0. The zero-order valence-electron chi connectivity index (χ0n) is 11.7. The highest BCUT2D eigenvalue weighted by Crippen LogP contribution is 2.21. The van der Waals surface area contributed by atoms with Gasteiger partial charge in [0.15, 0.2) is 0 Å². The van der Waals surface area contributed by atoms with Crippen molar-refractivity contribution in [1.82, 2.24) is 0 Å². The van der Waals surface area contributed by atoms with Crippen LogP contribution >= 0.6 is 0 Å². The smallest absolute Gasteiger partial charge is 0.264 e. The molecule has 0 N–H and O–H groups in total. The Morgan fingerprint density at radius 1 is 1.05 bits per heavy atom. The van der Waals surface area contributed by atoms with Crippen LogP contribution in [0.5, 0.6) is 0 Å². The molecule has 0 unspecified atom stereocenters. The van der Waals surface area contributed by atoms with E-state index in [0.29, 0.717) is 0 Å². The number of alkyl halides is 2. The molecule has 0 atom stereocenters. The van der Waals surface area contributed by atoms with Gasteiger partial charge in [0.2, 0.25) is 0 Å². The first kappa shape index (κ1) is 15.2. The first-order chi connectivity index (χ1) is 10.2. The van der Waals surface area contributed by atoms with Gasteiger partial charge in [-0.3, -0.25) is 0 Å². The summed E-state index contributed by atoms with van der Waals surface area (Å²) in [6, 6.07) is 14.1. The molecule has 109 valence electrons. The van der Waals surface area contributed by atoms with Gasteiger partial charge in [-0.15, -0.1) is 0 Å². The van der Waals surface area contributed by atoms with Gasteiger partial charge in [-0.1, -0.05) is 60.6 Å². The van der Waals surface area contributed by atoms with Crippen LogP contribution in [0, 0.1) is 0 Å². The molecule has 0 spiro atoms. The van der Waals surface area contributed by atoms with Crippen molar-refractivity contribution < 1.29 is 13.6 Å². The zero-order valence-corrected chi connectivity index (χ0v) is 11.7. The summed E-state index contributed by atoms with van der Waals surface area (Å²) in [4.78, 5) is 5.10. The fourth-order valence-electron chi connectivity index (χ4n) is 1.85. The van der Waals surface area contributed by atoms with Gasteiger partial charge >= 0.3 is 0 Å². The molecule has 0 fully saturated rings. The van der Waals surface area contributed by atoms with Gasteiger partial charge in [-0.05, 0) is 17.5 Å². The Hall–Kier alpha value is -2.23. The summed E-state index contributed by atoms with van der Waals surface area (Å²) in [6.45, 7) is 2.37. The molecule has 0 saturated carbocycles. The Morgan fingerprint density at radius 3 is 2.38 bits per heavy atom. The van der Waals surface area contributed by atoms with Gasteiger partial charge in [0.1, 0.15) is 12.8 Å². The van der Waals surface area contributed by atoms with Crippen LogP contribution in [-0.2, 0) is 17.9 Å². The summed E-state index contributed by atoms with van der Waals surface area (Å²) in [5.41, 5.74) is 2.37. The molecule has 0 aromatic heterocycles. The van der Waals surface area contributed by atoms with E-state index in [1.807, 2.05) is 24.3 Å². The third-order valence-electron chi connectivity index (χ3n) is 3.09. The van der Waals surface area contributed by atoms with Crippen molar-refractivity contribution in [3.05, 3.63) is 70.8 Å². The number of rotatable bonds is 6. The van der Waals surface area contributed by atoms with E-state index in [9.17, 15) is 8.78 Å². The van der Waals surface area contributed by atoms with Crippen LogP contribution in [-0.4, -0.2) is 6.21 Å². The maximum atomic E-state index is 12.8. The monoisotopic (exact) mass is 288 g/mol. The molecule has 2 nitrogen and oxygen atoms in total. The second kappa shape index (κ2) is 7.53. The van der Waals surface area contributed by atoms with Gasteiger partial charge in [0.25, 0.3) is 6.43 Å². The third-order valence-corrected chi connectivity index (χ3v) is 3.09. The largest absolute Gasteiger partial charge is 0.390 e. The van der Waals surface area contributed by atoms with Crippen molar-refractivity contribution in [3.8, 4) is 0 Å². The van der Waals surface area contributed by atoms with Crippen LogP contribution in [0.1, 0.15) is 35.6 Å². The summed E-state index contributed by atoms with van der Waals surface area (Å²) in [7, 11) is 0. The van der Waals surface area contributed by atoms with Gasteiger partial charge in [-0.2, -0.15) is 0 Å². The first-order valence-electron chi connectivity index (χ1n) is 6.73. The maximum absolute atomic E-state index is 12.8. The van der Waals surface area contributed by atoms with Crippen LogP contribution in [0.4, 0.5) is 8.78 Å². The minimum Gasteiger partial charge on any atom is -0.390 e. The normalized spacial score (nSPS) is 11.2. The van der Waals surface area contributed by atoms with Crippen molar-refractivity contribution in [2.75, 3.05) is 0 Å². The third kappa shape index (κ3) is 4.38. The van der Waals surface area contributed by atoms with E-state index in [-0.39, 0.29) is 17.7 Å². The number of aryl methyl sites for hydroxylation is 1. The fourth-order valence-corrected chi connectivity index (χ4v) is 1.85. The molecule has 0 amide bonds. The highest BCUT2D eigenvalue weighted by atomic mass is 19.3. The Bertz CT molecular complexity index is 594.